The summed E-state index contributed by atoms with van der Waals surface area (Å²) in [5, 5.41) is 8.19. The minimum atomic E-state index is -3.81. The van der Waals surface area contributed by atoms with Crippen LogP contribution in [0.15, 0.2) is 35.5 Å². The van der Waals surface area contributed by atoms with Gasteiger partial charge >= 0.3 is 0 Å². The molecule has 2 aromatic rings. The summed E-state index contributed by atoms with van der Waals surface area (Å²) in [5.41, 5.74) is 0.0150. The van der Waals surface area contributed by atoms with E-state index in [-0.39, 0.29) is 16.3 Å². The van der Waals surface area contributed by atoms with E-state index in [0.717, 1.165) is 12.3 Å². The Morgan fingerprint density at radius 2 is 2.15 bits per heavy atom. The van der Waals surface area contributed by atoms with Crippen LogP contribution in [-0.4, -0.2) is 24.5 Å². The van der Waals surface area contributed by atoms with Gasteiger partial charge in [-0.2, -0.15) is 5.10 Å². The van der Waals surface area contributed by atoms with E-state index in [4.69, 9.17) is 0 Å². The average molecular weight is 298 g/mol. The maximum Gasteiger partial charge on any atom is 0.265 e. The number of nitrogens with zero attached hydrogens (tertiary/aromatic N) is 1. The van der Waals surface area contributed by atoms with Gasteiger partial charge in [-0.05, 0) is 18.2 Å². The Bertz CT molecular complexity index is 728. The lowest BCUT2D eigenvalue weighted by molar-refractivity contribution is -0.114. The van der Waals surface area contributed by atoms with Gasteiger partial charge in [0.05, 0.1) is 17.6 Å². The Morgan fingerprint density at radius 3 is 2.75 bits per heavy atom. The van der Waals surface area contributed by atoms with Gasteiger partial charge in [0, 0.05) is 13.1 Å². The van der Waals surface area contributed by atoms with Gasteiger partial charge in [-0.1, -0.05) is 0 Å². The Balaban J connectivity index is 2.28. The molecule has 7 nitrogen and oxygen atoms in total. The number of halogens is 1. The van der Waals surface area contributed by atoms with Crippen LogP contribution in [-0.2, 0) is 14.8 Å². The van der Waals surface area contributed by atoms with Crippen molar-refractivity contribution in [1.29, 1.82) is 0 Å². The second-order valence-corrected chi connectivity index (χ2v) is 5.60. The molecule has 0 fully saturated rings. The summed E-state index contributed by atoms with van der Waals surface area (Å²) in [4.78, 5) is 10.9. The number of nitrogens with one attached hydrogen (secondary N) is 3. The summed E-state index contributed by atoms with van der Waals surface area (Å²) in [7, 11) is -3.81. The van der Waals surface area contributed by atoms with Gasteiger partial charge < -0.3 is 5.32 Å². The van der Waals surface area contributed by atoms with Crippen molar-refractivity contribution in [2.45, 2.75) is 11.8 Å². The standard InChI is InChI=1S/C11H11FN4O3S/c1-7(17)15-11-4-8(2-3-10(11)12)16-20(18,19)9-5-13-14-6-9/h2-6,16H,1H3,(H,13,14)(H,15,17). The normalized spacial score (nSPS) is 11.1. The number of hydrogen-bond acceptors (Lipinski definition) is 4. The first-order valence-corrected chi connectivity index (χ1v) is 6.95. The number of carbonyl (C=O) groups excluding carboxylic acids is 1. The molecule has 2 rings (SSSR count). The molecule has 0 aliphatic heterocycles. The number of hydrogen-bond donors (Lipinski definition) is 3. The van der Waals surface area contributed by atoms with Gasteiger partial charge in [-0.3, -0.25) is 14.6 Å². The molecule has 0 atom stereocenters. The zero-order valence-electron chi connectivity index (χ0n) is 10.3. The minimum absolute atomic E-state index is 0.0529. The molecule has 20 heavy (non-hydrogen) atoms. The predicted molar refractivity (Wildman–Crippen MR) is 70.1 cm³/mol. The third-order valence-corrected chi connectivity index (χ3v) is 3.66. The lowest BCUT2D eigenvalue weighted by atomic mass is 10.2. The molecule has 9 heteroatoms. The monoisotopic (exact) mass is 298 g/mol. The Morgan fingerprint density at radius 1 is 1.40 bits per heavy atom. The number of carbonyl (C=O) groups is 1. The summed E-state index contributed by atoms with van der Waals surface area (Å²) in [6, 6.07) is 3.49. The van der Waals surface area contributed by atoms with Crippen molar-refractivity contribution in [3.8, 4) is 0 Å². The number of aromatic amines is 1. The van der Waals surface area contributed by atoms with E-state index in [0.29, 0.717) is 0 Å². The van der Waals surface area contributed by atoms with Gasteiger partial charge in [-0.25, -0.2) is 12.8 Å². The van der Waals surface area contributed by atoms with Crippen LogP contribution in [0.3, 0.4) is 0 Å². The first-order chi connectivity index (χ1) is 9.38. The molecule has 106 valence electrons. The van der Waals surface area contributed by atoms with E-state index < -0.39 is 21.7 Å². The summed E-state index contributed by atoms with van der Waals surface area (Å²) < 4.78 is 39.5. The van der Waals surface area contributed by atoms with E-state index in [1.165, 1.54) is 25.3 Å². The van der Waals surface area contributed by atoms with Gasteiger partial charge in [0.25, 0.3) is 10.0 Å². The molecule has 1 aromatic heterocycles. The fourth-order valence-electron chi connectivity index (χ4n) is 1.47. The molecule has 0 radical (unpaired) electrons. The van der Waals surface area contributed by atoms with Gasteiger partial charge in [0.1, 0.15) is 10.7 Å². The van der Waals surface area contributed by atoms with Crippen LogP contribution in [0.4, 0.5) is 15.8 Å². The van der Waals surface area contributed by atoms with Gasteiger partial charge in [0.2, 0.25) is 5.91 Å². The van der Waals surface area contributed by atoms with E-state index in [9.17, 15) is 17.6 Å². The van der Waals surface area contributed by atoms with Gasteiger partial charge in [-0.15, -0.1) is 0 Å². The van der Waals surface area contributed by atoms with Crippen LogP contribution < -0.4 is 10.0 Å². The summed E-state index contributed by atoms with van der Waals surface area (Å²) >= 11 is 0. The first-order valence-electron chi connectivity index (χ1n) is 5.47. The quantitative estimate of drug-likeness (QED) is 0.791. The molecule has 3 N–H and O–H groups in total. The van der Waals surface area contributed by atoms with Crippen molar-refractivity contribution in [1.82, 2.24) is 10.2 Å². The summed E-state index contributed by atoms with van der Waals surface area (Å²) in [5.74, 6) is -1.12. The average Bonchev–Trinajstić information content (AvgIpc) is 2.87. The predicted octanol–water partition coefficient (Wildman–Crippen LogP) is 1.31. The molecule has 0 aliphatic carbocycles. The second-order valence-electron chi connectivity index (χ2n) is 3.92. The molecule has 0 saturated carbocycles. The van der Waals surface area contributed by atoms with Crippen LogP contribution in [0.2, 0.25) is 0 Å². The van der Waals surface area contributed by atoms with E-state index in [1.807, 2.05) is 0 Å². The van der Waals surface area contributed by atoms with Crippen molar-refractivity contribution in [2.75, 3.05) is 10.0 Å². The minimum Gasteiger partial charge on any atom is -0.324 e. The van der Waals surface area contributed by atoms with Crippen LogP contribution in [0, 0.1) is 5.82 Å². The van der Waals surface area contributed by atoms with Crippen molar-refractivity contribution < 1.29 is 17.6 Å². The van der Waals surface area contributed by atoms with E-state index in [1.54, 1.807) is 0 Å². The SMILES string of the molecule is CC(=O)Nc1cc(NS(=O)(=O)c2cn[nH]c2)ccc1F. The number of sulfonamides is 1. The third-order valence-electron chi connectivity index (χ3n) is 2.31. The van der Waals surface area contributed by atoms with Crippen molar-refractivity contribution in [3.63, 3.8) is 0 Å². The molecular weight excluding hydrogens is 287 g/mol. The molecule has 0 bridgehead atoms. The van der Waals surface area contributed by atoms with Crippen molar-refractivity contribution in [3.05, 3.63) is 36.4 Å². The Hall–Kier alpha value is -2.42. The molecule has 1 amide bonds. The van der Waals surface area contributed by atoms with Crippen LogP contribution in [0.25, 0.3) is 0 Å². The summed E-state index contributed by atoms with van der Waals surface area (Å²) in [6.07, 6.45) is 2.35. The first kappa shape index (κ1) is 14.0. The highest BCUT2D eigenvalue weighted by atomic mass is 32.2. The molecule has 0 spiro atoms. The Labute approximate surface area is 114 Å². The molecule has 1 heterocycles. The highest BCUT2D eigenvalue weighted by molar-refractivity contribution is 7.92. The number of amides is 1. The van der Waals surface area contributed by atoms with E-state index >= 15 is 0 Å². The third kappa shape index (κ3) is 3.12. The lowest BCUT2D eigenvalue weighted by Gasteiger charge is -2.09. The second kappa shape index (κ2) is 5.29. The van der Waals surface area contributed by atoms with Crippen LogP contribution in [0.5, 0.6) is 0 Å². The molecule has 1 aromatic carbocycles. The molecule has 0 unspecified atom stereocenters. The summed E-state index contributed by atoms with van der Waals surface area (Å²) in [6.45, 7) is 1.22. The number of aromatic nitrogens is 2. The molecule has 0 aliphatic rings. The highest BCUT2D eigenvalue weighted by Crippen LogP contribution is 2.22. The van der Waals surface area contributed by atoms with Crippen molar-refractivity contribution in [2.24, 2.45) is 0 Å². The zero-order valence-corrected chi connectivity index (χ0v) is 11.2. The maximum atomic E-state index is 13.4. The highest BCUT2D eigenvalue weighted by Gasteiger charge is 2.16. The van der Waals surface area contributed by atoms with E-state index in [2.05, 4.69) is 20.2 Å². The van der Waals surface area contributed by atoms with Crippen LogP contribution >= 0.6 is 0 Å². The fraction of sp³-hybridized carbons (Fsp3) is 0.0909. The smallest absolute Gasteiger partial charge is 0.265 e. The number of anilines is 2. The molecule has 0 saturated heterocycles. The number of H-pyrrole nitrogens is 1. The zero-order chi connectivity index (χ0) is 14.8. The van der Waals surface area contributed by atoms with Crippen LogP contribution in [0.1, 0.15) is 6.92 Å². The van der Waals surface area contributed by atoms with Crippen molar-refractivity contribution >= 4 is 27.3 Å². The fourth-order valence-corrected chi connectivity index (χ4v) is 2.43. The lowest BCUT2D eigenvalue weighted by Crippen LogP contribution is -2.13. The maximum absolute atomic E-state index is 13.4. The number of rotatable bonds is 4. The Kier molecular flexibility index (Phi) is 3.70. The largest absolute Gasteiger partial charge is 0.324 e. The topological polar surface area (TPSA) is 104 Å². The van der Waals surface area contributed by atoms with Gasteiger partial charge in [0.15, 0.2) is 0 Å². The molecular formula is C11H11FN4O3S. The number of benzene rings is 1.